The van der Waals surface area contributed by atoms with E-state index in [1.165, 1.54) is 22.3 Å². The lowest BCUT2D eigenvalue weighted by atomic mass is 9.82. The highest BCUT2D eigenvalue weighted by Crippen LogP contribution is 2.52. The van der Waals surface area contributed by atoms with Gasteiger partial charge in [-0.05, 0) is 129 Å². The summed E-state index contributed by atoms with van der Waals surface area (Å²) in [5, 5.41) is 26.1. The van der Waals surface area contributed by atoms with E-state index in [1.807, 2.05) is 24.3 Å². The van der Waals surface area contributed by atoms with Crippen molar-refractivity contribution in [3.05, 3.63) is 269 Å². The summed E-state index contributed by atoms with van der Waals surface area (Å²) in [6.07, 6.45) is 2.22. The number of para-hydroxylation sites is 1. The summed E-state index contributed by atoms with van der Waals surface area (Å²) in [4.78, 5) is 21.1. The third kappa shape index (κ3) is 8.13. The first kappa shape index (κ1) is 49.5. The Labute approximate surface area is 476 Å². The Bertz CT molecular complexity index is 4670. The van der Waals surface area contributed by atoms with Gasteiger partial charge in [0.1, 0.15) is 18.0 Å². The summed E-state index contributed by atoms with van der Waals surface area (Å²) in [6.45, 7) is 9.02. The third-order valence-electron chi connectivity index (χ3n) is 16.7. The predicted molar refractivity (Wildman–Crippen MR) is 330 cm³/mol. The van der Waals surface area contributed by atoms with E-state index in [2.05, 4.69) is 244 Å². The second kappa shape index (κ2) is 19.6. The Balaban J connectivity index is 0.946. The van der Waals surface area contributed by atoms with Crippen molar-refractivity contribution >= 4 is 33.3 Å². The van der Waals surface area contributed by atoms with Crippen molar-refractivity contribution in [1.82, 2.24) is 29.4 Å². The largest absolute Gasteiger partial charge is 0.359 e. The monoisotopic (exact) mass is 1060 g/mol. The Morgan fingerprint density at radius 1 is 0.500 bits per heavy atom. The zero-order valence-corrected chi connectivity index (χ0v) is 45.9. The van der Waals surface area contributed by atoms with Crippen LogP contribution in [-0.4, -0.2) is 29.9 Å². The summed E-state index contributed by atoms with van der Waals surface area (Å²) in [6, 6.07) is 79.0. The lowest BCUT2D eigenvalue weighted by Crippen LogP contribution is -2.32. The Morgan fingerprint density at radius 2 is 1.10 bits per heavy atom. The quantitative estimate of drug-likeness (QED) is 0.154. The van der Waals surface area contributed by atoms with Crippen LogP contribution in [0.3, 0.4) is 0 Å². The van der Waals surface area contributed by atoms with E-state index < -0.39 is 0 Å². The fraction of sp³-hybridized carbons (Fsp3) is 0.0959. The van der Waals surface area contributed by atoms with Gasteiger partial charge in [-0.25, -0.2) is 15.0 Å². The number of nitriles is 2. The zero-order chi connectivity index (χ0) is 55.8. The molecule has 4 heterocycles. The SMILES string of the molecule is Cc1c(C2=NC(c3ccccc3)=CC(c3ccccc3)N2)cc(-c2nc(-c3ccccc3)cc(-c3ccccc3)n2)c(C)c1-c1cccc(-c2ccc3c(c2)-c2cc4c5ccccc5n(-c5nc(C#N)c(C#N)n5C)c4cc2C3(C)C)c1. The molecule has 0 bridgehead atoms. The molecule has 0 radical (unpaired) electrons. The first-order chi connectivity index (χ1) is 40.1. The number of fused-ring (bicyclic) bond motifs is 6. The molecule has 3 aromatic heterocycles. The highest BCUT2D eigenvalue weighted by Gasteiger charge is 2.37. The number of aliphatic imine (C=N–C) groups is 1. The second-order valence-corrected chi connectivity index (χ2v) is 21.8. The Kier molecular flexibility index (Phi) is 11.8. The van der Waals surface area contributed by atoms with Gasteiger partial charge in [0.25, 0.3) is 0 Å². The van der Waals surface area contributed by atoms with Crippen molar-refractivity contribution in [3.8, 4) is 85.4 Å². The van der Waals surface area contributed by atoms with Crippen molar-refractivity contribution in [1.29, 1.82) is 10.5 Å². The van der Waals surface area contributed by atoms with Crippen molar-refractivity contribution in [2.45, 2.75) is 39.2 Å². The molecule has 82 heavy (non-hydrogen) atoms. The lowest BCUT2D eigenvalue weighted by molar-refractivity contribution is 0.661. The van der Waals surface area contributed by atoms with Crippen LogP contribution in [0.2, 0.25) is 0 Å². The van der Waals surface area contributed by atoms with Gasteiger partial charge in [0.15, 0.2) is 17.2 Å². The zero-order valence-electron chi connectivity index (χ0n) is 45.9. The molecule has 0 amide bonds. The van der Waals surface area contributed by atoms with E-state index in [1.54, 1.807) is 11.6 Å². The molecule has 0 saturated carbocycles. The molecule has 9 heteroatoms. The van der Waals surface area contributed by atoms with Crippen molar-refractivity contribution in [2.75, 3.05) is 0 Å². The molecule has 0 spiro atoms. The first-order valence-electron chi connectivity index (χ1n) is 27.6. The van der Waals surface area contributed by atoms with Crippen LogP contribution in [0.5, 0.6) is 0 Å². The minimum absolute atomic E-state index is 0.109. The number of rotatable bonds is 9. The van der Waals surface area contributed by atoms with Crippen LogP contribution in [0.15, 0.2) is 223 Å². The summed E-state index contributed by atoms with van der Waals surface area (Å²) < 4.78 is 3.82. The summed E-state index contributed by atoms with van der Waals surface area (Å²) in [7, 11) is 1.80. The maximum Gasteiger partial charge on any atom is 0.216 e. The molecule has 9 aromatic carbocycles. The summed E-state index contributed by atoms with van der Waals surface area (Å²) >= 11 is 0. The fourth-order valence-corrected chi connectivity index (χ4v) is 12.5. The van der Waals surface area contributed by atoms with Gasteiger partial charge >= 0.3 is 0 Å². The normalized spacial score (nSPS) is 14.1. The number of benzene rings is 9. The van der Waals surface area contributed by atoms with E-state index in [0.29, 0.717) is 11.8 Å². The van der Waals surface area contributed by atoms with Crippen LogP contribution in [0, 0.1) is 36.5 Å². The Morgan fingerprint density at radius 3 is 1.77 bits per heavy atom. The van der Waals surface area contributed by atoms with Gasteiger partial charge in [0.2, 0.25) is 5.95 Å². The van der Waals surface area contributed by atoms with Crippen LogP contribution >= 0.6 is 0 Å². The molecule has 1 aliphatic carbocycles. The second-order valence-electron chi connectivity index (χ2n) is 21.8. The highest BCUT2D eigenvalue weighted by atomic mass is 15.2. The van der Waals surface area contributed by atoms with Gasteiger partial charge in [-0.2, -0.15) is 15.5 Å². The highest BCUT2D eigenvalue weighted by molar-refractivity contribution is 6.12. The fourth-order valence-electron chi connectivity index (χ4n) is 12.5. The molecule has 1 unspecified atom stereocenters. The van der Waals surface area contributed by atoms with Crippen molar-refractivity contribution in [2.24, 2.45) is 12.0 Å². The molecule has 2 aliphatic rings. The van der Waals surface area contributed by atoms with E-state index in [4.69, 9.17) is 19.9 Å². The number of amidine groups is 1. The summed E-state index contributed by atoms with van der Waals surface area (Å²) in [5.41, 5.74) is 21.9. The molecular formula is C73H53N9. The smallest absolute Gasteiger partial charge is 0.216 e. The van der Waals surface area contributed by atoms with Crippen LogP contribution in [0.4, 0.5) is 0 Å². The molecule has 14 rings (SSSR count). The van der Waals surface area contributed by atoms with E-state index >= 15 is 0 Å². The molecule has 1 N–H and O–H groups in total. The molecule has 1 atom stereocenters. The number of hydrogen-bond acceptors (Lipinski definition) is 7. The van der Waals surface area contributed by atoms with Crippen LogP contribution in [0.1, 0.15) is 70.2 Å². The Hall–Kier alpha value is -10.7. The van der Waals surface area contributed by atoms with E-state index in [-0.39, 0.29) is 22.8 Å². The number of nitrogens with zero attached hydrogens (tertiary/aromatic N) is 8. The van der Waals surface area contributed by atoms with E-state index in [0.717, 1.165) is 111 Å². The van der Waals surface area contributed by atoms with Crippen molar-refractivity contribution in [3.63, 3.8) is 0 Å². The number of nitrogens with one attached hydrogen (secondary N) is 1. The van der Waals surface area contributed by atoms with E-state index in [9.17, 15) is 10.5 Å². The number of hydrogen-bond donors (Lipinski definition) is 1. The molecule has 390 valence electrons. The maximum atomic E-state index is 10.1. The van der Waals surface area contributed by atoms with Gasteiger partial charge in [0.05, 0.1) is 34.2 Å². The minimum atomic E-state index is -0.339. The standard InChI is InChI=1S/C73H53N9/c1-44-54(70-76-61(46-21-10-6-11-22-46)40-62(77-70)47-23-12-7-13-24-47)37-55(71-78-63(48-25-14-8-15-26-48)41-64(79-71)49-27-16-9-17-28-49)45(2)69(44)52-30-20-29-50(35-52)51-33-34-59-56(36-51)57-38-58-53-31-18-19-32-66(53)82(67(58)39-60(57)73(59,3)4)72-80-65(42-74)68(43-75)81(72)5/h6-41,61H,1-5H3,(H,76,77). The topological polar surface area (TPSA) is 120 Å². The molecule has 0 saturated heterocycles. The van der Waals surface area contributed by atoms with Crippen LogP contribution in [-0.2, 0) is 12.5 Å². The van der Waals surface area contributed by atoms with Crippen LogP contribution in [0.25, 0.3) is 101 Å². The van der Waals surface area contributed by atoms with Gasteiger partial charge in [-0.1, -0.05) is 184 Å². The number of imidazole rings is 1. The minimum Gasteiger partial charge on any atom is -0.359 e. The van der Waals surface area contributed by atoms with Gasteiger partial charge in [-0.3, -0.25) is 4.57 Å². The van der Waals surface area contributed by atoms with Gasteiger partial charge in [-0.15, -0.1) is 0 Å². The van der Waals surface area contributed by atoms with Gasteiger partial charge < -0.3 is 9.88 Å². The first-order valence-corrected chi connectivity index (χ1v) is 27.6. The third-order valence-corrected chi connectivity index (χ3v) is 16.7. The molecule has 12 aromatic rings. The van der Waals surface area contributed by atoms with Crippen molar-refractivity contribution < 1.29 is 0 Å². The molecular weight excluding hydrogens is 1000 g/mol. The number of aromatic nitrogens is 5. The van der Waals surface area contributed by atoms with Crippen LogP contribution < -0.4 is 5.32 Å². The lowest BCUT2D eigenvalue weighted by Gasteiger charge is -2.27. The summed E-state index contributed by atoms with van der Waals surface area (Å²) in [5.74, 6) is 1.92. The predicted octanol–water partition coefficient (Wildman–Crippen LogP) is 16.4. The van der Waals surface area contributed by atoms with Gasteiger partial charge in [0, 0.05) is 45.5 Å². The molecule has 9 nitrogen and oxygen atoms in total. The molecule has 0 fully saturated rings. The maximum absolute atomic E-state index is 10.1. The average molecular weight is 1060 g/mol. The molecule has 1 aliphatic heterocycles. The average Bonchev–Trinajstić information content (AvgIpc) is 2.10.